The lowest BCUT2D eigenvalue weighted by Crippen LogP contribution is -2.23. The average molecular weight is 290 g/mol. The molecule has 0 bridgehead atoms. The summed E-state index contributed by atoms with van der Waals surface area (Å²) in [6.07, 6.45) is 0. The molecular formula is C12H17BrFNO. The number of rotatable bonds is 4. The molecule has 0 saturated carbocycles. The van der Waals surface area contributed by atoms with Crippen LogP contribution in [0.4, 0.5) is 10.1 Å². The lowest BCUT2D eigenvalue weighted by molar-refractivity contribution is 0.00333. The highest BCUT2D eigenvalue weighted by Gasteiger charge is 2.09. The summed E-state index contributed by atoms with van der Waals surface area (Å²) in [5, 5.41) is 3.17. The topological polar surface area (TPSA) is 21.3 Å². The maximum atomic E-state index is 12.8. The molecule has 1 N–H and O–H groups in total. The summed E-state index contributed by atoms with van der Waals surface area (Å²) in [6.45, 7) is 7.36. The second-order valence-electron chi connectivity index (χ2n) is 4.51. The standard InChI is InChI=1S/C12H17BrFNO/c1-12(2,3)16-7-6-15-11-5-4-9(14)8-10(11)13/h4-5,8,15H,6-7H2,1-3H3. The summed E-state index contributed by atoms with van der Waals surface area (Å²) in [5.41, 5.74) is 0.751. The van der Waals surface area contributed by atoms with Gasteiger partial charge in [-0.15, -0.1) is 0 Å². The zero-order valence-electron chi connectivity index (χ0n) is 9.81. The molecule has 1 rings (SSSR count). The van der Waals surface area contributed by atoms with Crippen molar-refractivity contribution >= 4 is 21.6 Å². The van der Waals surface area contributed by atoms with Gasteiger partial charge in [0.05, 0.1) is 12.2 Å². The Hall–Kier alpha value is -0.610. The Morgan fingerprint density at radius 2 is 2.06 bits per heavy atom. The number of hydrogen-bond acceptors (Lipinski definition) is 2. The predicted molar refractivity (Wildman–Crippen MR) is 68.3 cm³/mol. The Morgan fingerprint density at radius 1 is 1.38 bits per heavy atom. The fourth-order valence-corrected chi connectivity index (χ4v) is 1.67. The number of benzene rings is 1. The van der Waals surface area contributed by atoms with Gasteiger partial charge in [0.1, 0.15) is 5.82 Å². The summed E-state index contributed by atoms with van der Waals surface area (Å²) in [5.74, 6) is -0.247. The van der Waals surface area contributed by atoms with Crippen molar-refractivity contribution in [3.05, 3.63) is 28.5 Å². The summed E-state index contributed by atoms with van der Waals surface area (Å²) < 4.78 is 19.1. The predicted octanol–water partition coefficient (Wildman–Crippen LogP) is 3.82. The highest BCUT2D eigenvalue weighted by Crippen LogP contribution is 2.22. The van der Waals surface area contributed by atoms with E-state index in [9.17, 15) is 4.39 Å². The fraction of sp³-hybridized carbons (Fsp3) is 0.500. The van der Waals surface area contributed by atoms with Crippen LogP contribution in [0.2, 0.25) is 0 Å². The molecule has 1 aromatic carbocycles. The molecular weight excluding hydrogens is 273 g/mol. The van der Waals surface area contributed by atoms with Crippen LogP contribution in [0.3, 0.4) is 0 Å². The van der Waals surface area contributed by atoms with Gasteiger partial charge in [-0.3, -0.25) is 0 Å². The average Bonchev–Trinajstić information content (AvgIpc) is 2.13. The van der Waals surface area contributed by atoms with Crippen LogP contribution in [0.1, 0.15) is 20.8 Å². The van der Waals surface area contributed by atoms with Gasteiger partial charge in [-0.2, -0.15) is 0 Å². The van der Waals surface area contributed by atoms with Gasteiger partial charge in [-0.1, -0.05) is 0 Å². The van der Waals surface area contributed by atoms with Crippen molar-refractivity contribution < 1.29 is 9.13 Å². The van der Waals surface area contributed by atoms with Crippen LogP contribution in [0.25, 0.3) is 0 Å². The molecule has 0 unspecified atom stereocenters. The van der Waals surface area contributed by atoms with Gasteiger partial charge in [-0.25, -0.2) is 4.39 Å². The van der Waals surface area contributed by atoms with E-state index in [2.05, 4.69) is 21.2 Å². The minimum absolute atomic E-state index is 0.123. The number of nitrogens with one attached hydrogen (secondary N) is 1. The van der Waals surface area contributed by atoms with E-state index in [0.29, 0.717) is 13.2 Å². The molecule has 0 heterocycles. The fourth-order valence-electron chi connectivity index (χ4n) is 1.18. The summed E-state index contributed by atoms with van der Waals surface area (Å²) >= 11 is 3.30. The lowest BCUT2D eigenvalue weighted by atomic mass is 10.2. The van der Waals surface area contributed by atoms with Crippen LogP contribution in [0.5, 0.6) is 0 Å². The van der Waals surface area contributed by atoms with Gasteiger partial charge >= 0.3 is 0 Å². The van der Waals surface area contributed by atoms with Crippen LogP contribution in [-0.4, -0.2) is 18.8 Å². The van der Waals surface area contributed by atoms with Gasteiger partial charge in [-0.05, 0) is 54.9 Å². The normalized spacial score (nSPS) is 11.6. The lowest BCUT2D eigenvalue weighted by Gasteiger charge is -2.20. The summed E-state index contributed by atoms with van der Waals surface area (Å²) in [7, 11) is 0. The van der Waals surface area contributed by atoms with E-state index in [-0.39, 0.29) is 11.4 Å². The Bertz CT molecular complexity index is 349. The first-order valence-corrected chi connectivity index (χ1v) is 6.01. The molecule has 0 spiro atoms. The molecule has 0 aliphatic heterocycles. The first kappa shape index (κ1) is 13.5. The van der Waals surface area contributed by atoms with E-state index in [0.717, 1.165) is 10.2 Å². The number of anilines is 1. The monoisotopic (exact) mass is 289 g/mol. The highest BCUT2D eigenvalue weighted by molar-refractivity contribution is 9.10. The van der Waals surface area contributed by atoms with Gasteiger partial charge in [0.15, 0.2) is 0 Å². The second kappa shape index (κ2) is 5.64. The van der Waals surface area contributed by atoms with Crippen LogP contribution in [-0.2, 0) is 4.74 Å². The first-order chi connectivity index (χ1) is 7.38. The molecule has 2 nitrogen and oxygen atoms in total. The number of halogens is 2. The molecule has 16 heavy (non-hydrogen) atoms. The van der Waals surface area contributed by atoms with E-state index >= 15 is 0 Å². The maximum absolute atomic E-state index is 12.8. The van der Waals surface area contributed by atoms with Crippen molar-refractivity contribution in [1.29, 1.82) is 0 Å². The second-order valence-corrected chi connectivity index (χ2v) is 5.37. The molecule has 0 radical (unpaired) electrons. The summed E-state index contributed by atoms with van der Waals surface area (Å²) in [6, 6.07) is 4.57. The van der Waals surface area contributed by atoms with E-state index < -0.39 is 0 Å². The zero-order chi connectivity index (χ0) is 12.2. The first-order valence-electron chi connectivity index (χ1n) is 5.21. The van der Waals surface area contributed by atoms with Crippen molar-refractivity contribution in [2.75, 3.05) is 18.5 Å². The van der Waals surface area contributed by atoms with Gasteiger partial charge in [0, 0.05) is 16.7 Å². The Morgan fingerprint density at radius 3 is 2.62 bits per heavy atom. The van der Waals surface area contributed by atoms with Gasteiger partial charge in [0.2, 0.25) is 0 Å². The molecule has 0 saturated heterocycles. The molecule has 4 heteroatoms. The smallest absolute Gasteiger partial charge is 0.124 e. The minimum atomic E-state index is -0.247. The SMILES string of the molecule is CC(C)(C)OCCNc1ccc(F)cc1Br. The van der Waals surface area contributed by atoms with Crippen molar-refractivity contribution in [3.63, 3.8) is 0 Å². The minimum Gasteiger partial charge on any atom is -0.382 e. The Balaban J connectivity index is 2.38. The molecule has 90 valence electrons. The molecule has 0 aliphatic carbocycles. The quantitative estimate of drug-likeness (QED) is 0.851. The molecule has 0 atom stereocenters. The van der Waals surface area contributed by atoms with Crippen LogP contribution in [0.15, 0.2) is 22.7 Å². The van der Waals surface area contributed by atoms with Crippen LogP contribution < -0.4 is 5.32 Å². The molecule has 0 aromatic heterocycles. The molecule has 0 fully saturated rings. The molecule has 1 aromatic rings. The van der Waals surface area contributed by atoms with Crippen LogP contribution in [0, 0.1) is 5.82 Å². The number of ether oxygens (including phenoxy) is 1. The van der Waals surface area contributed by atoms with Crippen molar-refractivity contribution in [3.8, 4) is 0 Å². The van der Waals surface area contributed by atoms with Gasteiger partial charge < -0.3 is 10.1 Å². The Labute approximate surface area is 104 Å². The van der Waals surface area contributed by atoms with Crippen molar-refractivity contribution in [1.82, 2.24) is 0 Å². The molecule has 0 amide bonds. The third-order valence-corrected chi connectivity index (χ3v) is 2.54. The van der Waals surface area contributed by atoms with E-state index in [4.69, 9.17) is 4.74 Å². The number of hydrogen-bond donors (Lipinski definition) is 1. The van der Waals surface area contributed by atoms with Crippen LogP contribution >= 0.6 is 15.9 Å². The highest BCUT2D eigenvalue weighted by atomic mass is 79.9. The maximum Gasteiger partial charge on any atom is 0.124 e. The zero-order valence-corrected chi connectivity index (χ0v) is 11.4. The largest absolute Gasteiger partial charge is 0.382 e. The van der Waals surface area contributed by atoms with E-state index in [1.807, 2.05) is 20.8 Å². The van der Waals surface area contributed by atoms with Crippen molar-refractivity contribution in [2.45, 2.75) is 26.4 Å². The molecule has 0 aliphatic rings. The Kier molecular flexibility index (Phi) is 4.74. The van der Waals surface area contributed by atoms with Crippen molar-refractivity contribution in [2.24, 2.45) is 0 Å². The van der Waals surface area contributed by atoms with Gasteiger partial charge in [0.25, 0.3) is 0 Å². The van der Waals surface area contributed by atoms with E-state index in [1.54, 1.807) is 6.07 Å². The third-order valence-electron chi connectivity index (χ3n) is 1.88. The third kappa shape index (κ3) is 4.94. The van der Waals surface area contributed by atoms with E-state index in [1.165, 1.54) is 12.1 Å². The summed E-state index contributed by atoms with van der Waals surface area (Å²) in [4.78, 5) is 0.